The summed E-state index contributed by atoms with van der Waals surface area (Å²) < 4.78 is 10.5. The van der Waals surface area contributed by atoms with Gasteiger partial charge >= 0.3 is 0 Å². The van der Waals surface area contributed by atoms with Crippen LogP contribution in [-0.2, 0) is 9.47 Å². The van der Waals surface area contributed by atoms with Crippen LogP contribution in [-0.4, -0.2) is 45.0 Å². The molecule has 2 rings (SSSR count). The van der Waals surface area contributed by atoms with Crippen molar-refractivity contribution < 1.29 is 9.47 Å². The van der Waals surface area contributed by atoms with Crippen LogP contribution < -0.4 is 10.6 Å². The number of fused-ring (bicyclic) bond motifs is 1. The number of pyridine rings is 1. The van der Waals surface area contributed by atoms with Crippen molar-refractivity contribution in [1.82, 2.24) is 4.98 Å². The Bertz CT molecular complexity index is 589. The van der Waals surface area contributed by atoms with Crippen LogP contribution in [0.15, 0.2) is 30.6 Å². The van der Waals surface area contributed by atoms with Gasteiger partial charge in [0.2, 0.25) is 0 Å². The molecule has 1 atom stereocenters. The lowest BCUT2D eigenvalue weighted by atomic mass is 10.1. The summed E-state index contributed by atoms with van der Waals surface area (Å²) >= 11 is 0. The van der Waals surface area contributed by atoms with Gasteiger partial charge in [-0.3, -0.25) is 4.98 Å². The molecule has 114 valence electrons. The first-order valence-electron chi connectivity index (χ1n) is 7.05. The van der Waals surface area contributed by atoms with Gasteiger partial charge in [-0.1, -0.05) is 0 Å². The fraction of sp³-hybridized carbons (Fsp3) is 0.438. The van der Waals surface area contributed by atoms with Crippen molar-refractivity contribution >= 4 is 22.1 Å². The molecule has 1 aromatic carbocycles. The lowest BCUT2D eigenvalue weighted by Gasteiger charge is -2.32. The lowest BCUT2D eigenvalue weighted by molar-refractivity contribution is 0.171. The van der Waals surface area contributed by atoms with Crippen LogP contribution in [0.3, 0.4) is 0 Å². The number of ether oxygens (including phenoxy) is 2. The van der Waals surface area contributed by atoms with Crippen LogP contribution in [0.1, 0.15) is 6.92 Å². The highest BCUT2D eigenvalue weighted by Gasteiger charge is 2.17. The predicted molar refractivity (Wildman–Crippen MR) is 86.7 cm³/mol. The highest BCUT2D eigenvalue weighted by molar-refractivity contribution is 6.00. The third-order valence-corrected chi connectivity index (χ3v) is 3.61. The van der Waals surface area contributed by atoms with E-state index < -0.39 is 0 Å². The van der Waals surface area contributed by atoms with Gasteiger partial charge in [-0.15, -0.1) is 0 Å². The maximum absolute atomic E-state index is 6.05. The van der Waals surface area contributed by atoms with E-state index in [1.54, 1.807) is 20.4 Å². The average molecular weight is 289 g/mol. The topological polar surface area (TPSA) is 60.6 Å². The highest BCUT2D eigenvalue weighted by atomic mass is 16.5. The molecule has 2 aromatic rings. The summed E-state index contributed by atoms with van der Waals surface area (Å²) in [6, 6.07) is 6.23. The zero-order chi connectivity index (χ0) is 15.2. The third kappa shape index (κ3) is 3.43. The Kier molecular flexibility index (Phi) is 5.36. The Morgan fingerprint density at radius 2 is 2.00 bits per heavy atom. The van der Waals surface area contributed by atoms with E-state index in [1.807, 2.05) is 18.3 Å². The Morgan fingerprint density at radius 1 is 1.19 bits per heavy atom. The molecule has 0 fully saturated rings. The second-order valence-electron chi connectivity index (χ2n) is 5.09. The van der Waals surface area contributed by atoms with Gasteiger partial charge in [0.15, 0.2) is 0 Å². The first-order valence-corrected chi connectivity index (χ1v) is 7.05. The van der Waals surface area contributed by atoms with Crippen LogP contribution in [0.2, 0.25) is 0 Å². The van der Waals surface area contributed by atoms with E-state index in [1.165, 1.54) is 0 Å². The van der Waals surface area contributed by atoms with Crippen molar-refractivity contribution in [2.45, 2.75) is 13.0 Å². The quantitative estimate of drug-likeness (QED) is 0.793. The van der Waals surface area contributed by atoms with Gasteiger partial charge in [0.05, 0.1) is 13.2 Å². The molecule has 0 aliphatic rings. The number of benzene rings is 1. The predicted octanol–water partition coefficient (Wildman–Crippen LogP) is 2.30. The normalized spacial score (nSPS) is 12.5. The summed E-state index contributed by atoms with van der Waals surface area (Å²) in [5.41, 5.74) is 7.92. The van der Waals surface area contributed by atoms with Crippen LogP contribution >= 0.6 is 0 Å². The third-order valence-electron chi connectivity index (χ3n) is 3.61. The molecule has 0 amide bonds. The van der Waals surface area contributed by atoms with Crippen molar-refractivity contribution in [1.29, 1.82) is 0 Å². The summed E-state index contributed by atoms with van der Waals surface area (Å²) in [7, 11) is 3.43. The first-order chi connectivity index (χ1) is 10.2. The Morgan fingerprint density at radius 3 is 2.71 bits per heavy atom. The van der Waals surface area contributed by atoms with Crippen molar-refractivity contribution in [3.8, 4) is 0 Å². The summed E-state index contributed by atoms with van der Waals surface area (Å²) in [5, 5.41) is 2.08. The molecular formula is C16H23N3O2. The van der Waals surface area contributed by atoms with E-state index in [9.17, 15) is 0 Å². The number of hydrogen-bond acceptors (Lipinski definition) is 5. The van der Waals surface area contributed by atoms with Gasteiger partial charge in [-0.25, -0.2) is 0 Å². The van der Waals surface area contributed by atoms with Gasteiger partial charge in [0.1, 0.15) is 0 Å². The largest absolute Gasteiger partial charge is 0.398 e. The number of anilines is 2. The number of nitrogens with two attached hydrogens (primary N) is 1. The van der Waals surface area contributed by atoms with Gasteiger partial charge in [0.25, 0.3) is 0 Å². The maximum atomic E-state index is 6.05. The summed E-state index contributed by atoms with van der Waals surface area (Å²) in [5.74, 6) is 0. The van der Waals surface area contributed by atoms with Crippen LogP contribution in [0, 0.1) is 0 Å². The molecule has 2 N–H and O–H groups in total. The monoisotopic (exact) mass is 289 g/mol. The number of nitrogens with zero attached hydrogens (tertiary/aromatic N) is 2. The minimum Gasteiger partial charge on any atom is -0.398 e. The Labute approximate surface area is 125 Å². The minimum absolute atomic E-state index is 0.241. The molecule has 0 radical (unpaired) electrons. The molecule has 1 unspecified atom stereocenters. The molecule has 0 spiro atoms. The zero-order valence-corrected chi connectivity index (χ0v) is 12.9. The maximum Gasteiger partial charge on any atom is 0.0663 e. The summed E-state index contributed by atoms with van der Waals surface area (Å²) in [6.45, 7) is 4.25. The molecule has 0 aliphatic heterocycles. The molecule has 1 heterocycles. The molecule has 0 aliphatic carbocycles. The average Bonchev–Trinajstić information content (AvgIpc) is 2.50. The van der Waals surface area contributed by atoms with E-state index in [2.05, 4.69) is 22.9 Å². The fourth-order valence-electron chi connectivity index (χ4n) is 2.55. The van der Waals surface area contributed by atoms with E-state index in [-0.39, 0.29) is 6.04 Å². The van der Waals surface area contributed by atoms with Crippen LogP contribution in [0.5, 0.6) is 0 Å². The number of rotatable bonds is 7. The van der Waals surface area contributed by atoms with Crippen LogP contribution in [0.4, 0.5) is 11.4 Å². The second-order valence-corrected chi connectivity index (χ2v) is 5.09. The number of hydrogen-bond donors (Lipinski definition) is 1. The molecule has 1 aromatic heterocycles. The SMILES string of the molecule is COCCN(c1ccc(N)c2cnccc12)C(C)COC. The van der Waals surface area contributed by atoms with Crippen molar-refractivity contribution in [3.63, 3.8) is 0 Å². The molecule has 0 bridgehead atoms. The standard InChI is InChI=1S/C16H23N3O2/c1-12(11-21-3)19(8-9-20-2)16-5-4-15(17)14-10-18-7-6-13(14)16/h4-7,10,12H,8-9,11,17H2,1-3H3. The van der Waals surface area contributed by atoms with Crippen molar-refractivity contribution in [2.75, 3.05) is 44.6 Å². The van der Waals surface area contributed by atoms with Gasteiger partial charge in [-0.05, 0) is 25.1 Å². The van der Waals surface area contributed by atoms with E-state index in [4.69, 9.17) is 15.2 Å². The Hall–Kier alpha value is -1.85. The van der Waals surface area contributed by atoms with Crippen molar-refractivity contribution in [2.24, 2.45) is 0 Å². The van der Waals surface area contributed by atoms with E-state index in [0.717, 1.165) is 28.7 Å². The lowest BCUT2D eigenvalue weighted by Crippen LogP contribution is -2.38. The molecule has 0 saturated heterocycles. The molecule has 21 heavy (non-hydrogen) atoms. The van der Waals surface area contributed by atoms with Gasteiger partial charge in [-0.2, -0.15) is 0 Å². The van der Waals surface area contributed by atoms with E-state index in [0.29, 0.717) is 13.2 Å². The van der Waals surface area contributed by atoms with Gasteiger partial charge < -0.3 is 20.1 Å². The molecule has 5 nitrogen and oxygen atoms in total. The zero-order valence-electron chi connectivity index (χ0n) is 12.9. The first kappa shape index (κ1) is 15.5. The smallest absolute Gasteiger partial charge is 0.0663 e. The van der Waals surface area contributed by atoms with E-state index >= 15 is 0 Å². The highest BCUT2D eigenvalue weighted by Crippen LogP contribution is 2.31. The second kappa shape index (κ2) is 7.24. The molecule has 5 heteroatoms. The fourth-order valence-corrected chi connectivity index (χ4v) is 2.55. The number of aromatic nitrogens is 1. The summed E-state index contributed by atoms with van der Waals surface area (Å²) in [4.78, 5) is 6.46. The Balaban J connectivity index is 2.46. The minimum atomic E-state index is 0.241. The van der Waals surface area contributed by atoms with Crippen molar-refractivity contribution in [3.05, 3.63) is 30.6 Å². The summed E-state index contributed by atoms with van der Waals surface area (Å²) in [6.07, 6.45) is 3.60. The molecular weight excluding hydrogens is 266 g/mol. The number of nitrogen functional groups attached to an aromatic ring is 1. The van der Waals surface area contributed by atoms with Crippen LogP contribution in [0.25, 0.3) is 10.8 Å². The number of methoxy groups -OCH3 is 2. The van der Waals surface area contributed by atoms with Gasteiger partial charge in [0, 0.05) is 61.3 Å². The molecule has 0 saturated carbocycles.